The van der Waals surface area contributed by atoms with E-state index in [2.05, 4.69) is 15.0 Å². The fourth-order valence-electron chi connectivity index (χ4n) is 6.00. The number of carbonyl (C=O) groups excluding carboxylic acids is 2. The first-order chi connectivity index (χ1) is 22.5. The first kappa shape index (κ1) is 35.0. The van der Waals surface area contributed by atoms with Crippen molar-refractivity contribution in [2.24, 2.45) is 5.92 Å². The number of nitrogens with one attached hydrogen (secondary N) is 1. The summed E-state index contributed by atoms with van der Waals surface area (Å²) in [5, 5.41) is 7.12. The number of aromatic nitrogens is 3. The number of rotatable bonds is 7. The van der Waals surface area contributed by atoms with Gasteiger partial charge in [0.25, 0.3) is 11.8 Å². The van der Waals surface area contributed by atoms with Crippen LogP contribution in [0.4, 0.5) is 13.2 Å². The molecule has 16 heteroatoms. The molecule has 12 nitrogen and oxygen atoms in total. The maximum atomic E-state index is 13.4. The number of aromatic amines is 1. The van der Waals surface area contributed by atoms with Gasteiger partial charge in [0, 0.05) is 51.3 Å². The van der Waals surface area contributed by atoms with E-state index in [0.717, 1.165) is 43.1 Å². The Labute approximate surface area is 275 Å². The molecule has 1 saturated carbocycles. The molecule has 0 radical (unpaired) electrons. The molecule has 1 atom stereocenters. The Morgan fingerprint density at radius 1 is 1.12 bits per heavy atom. The molecule has 258 valence electrons. The highest BCUT2D eigenvalue weighted by atomic mass is 32.2. The molecule has 0 unspecified atom stereocenters. The number of H-pyrrole nitrogens is 1. The summed E-state index contributed by atoms with van der Waals surface area (Å²) in [5.41, 5.74) is 3.95. The average Bonchev–Trinajstić information content (AvgIpc) is 3.74. The molecule has 1 aromatic carbocycles. The van der Waals surface area contributed by atoms with Gasteiger partial charge < -0.3 is 24.6 Å². The molecule has 1 aliphatic carbocycles. The average molecular weight is 692 g/mol. The van der Waals surface area contributed by atoms with Crippen LogP contribution in [0.25, 0.3) is 22.6 Å². The number of alkyl halides is 3. The molecule has 2 fully saturated rings. The molecule has 2 aromatic heterocycles. The minimum atomic E-state index is -5.08. The Hall–Kier alpha value is -4.31. The molecule has 2 amide bonds. The predicted molar refractivity (Wildman–Crippen MR) is 167 cm³/mol. The van der Waals surface area contributed by atoms with E-state index in [0.29, 0.717) is 54.1 Å². The number of hydrogen-bond donors (Lipinski definition) is 2. The number of benzene rings is 1. The van der Waals surface area contributed by atoms with Crippen molar-refractivity contribution in [3.8, 4) is 22.6 Å². The number of imidazole rings is 1. The zero-order valence-corrected chi connectivity index (χ0v) is 27.6. The molecule has 3 aromatic rings. The van der Waals surface area contributed by atoms with E-state index in [1.807, 2.05) is 26.1 Å². The fourth-order valence-corrected chi connectivity index (χ4v) is 6.94. The Balaban J connectivity index is 0.000000582. The number of aliphatic carboxylic acids is 1. The number of ether oxygens (including phenoxy) is 1. The molecule has 0 bridgehead atoms. The largest absolute Gasteiger partial charge is 0.490 e. The minimum Gasteiger partial charge on any atom is -0.475 e. The number of amides is 2. The van der Waals surface area contributed by atoms with Crippen LogP contribution in [0, 0.1) is 12.8 Å². The van der Waals surface area contributed by atoms with Crippen LogP contribution in [0.5, 0.6) is 0 Å². The summed E-state index contributed by atoms with van der Waals surface area (Å²) >= 11 is 0. The molecular weight excluding hydrogens is 655 g/mol. The molecule has 1 saturated heterocycles. The van der Waals surface area contributed by atoms with E-state index in [-0.39, 0.29) is 34.4 Å². The molecule has 6 rings (SSSR count). The van der Waals surface area contributed by atoms with Gasteiger partial charge in [-0.1, -0.05) is 0 Å². The molecular formula is C32H36F3N5O7S. The smallest absolute Gasteiger partial charge is 0.475 e. The van der Waals surface area contributed by atoms with Gasteiger partial charge >= 0.3 is 12.1 Å². The Morgan fingerprint density at radius 2 is 1.77 bits per heavy atom. The van der Waals surface area contributed by atoms with Crippen LogP contribution < -0.4 is 0 Å². The number of carboxylic acids is 1. The number of fused-ring (bicyclic) bond motifs is 1. The zero-order chi connectivity index (χ0) is 35.1. The first-order valence-electron chi connectivity index (χ1n) is 15.3. The summed E-state index contributed by atoms with van der Waals surface area (Å²) < 4.78 is 62.9. The van der Waals surface area contributed by atoms with Crippen molar-refractivity contribution in [1.82, 2.24) is 24.8 Å². The van der Waals surface area contributed by atoms with Crippen LogP contribution in [0.2, 0.25) is 0 Å². The van der Waals surface area contributed by atoms with Gasteiger partial charge in [-0.3, -0.25) is 14.6 Å². The van der Waals surface area contributed by atoms with Crippen LogP contribution in [0.3, 0.4) is 0 Å². The zero-order valence-electron chi connectivity index (χ0n) is 26.8. The van der Waals surface area contributed by atoms with Crippen LogP contribution in [-0.4, -0.2) is 101 Å². The lowest BCUT2D eigenvalue weighted by Gasteiger charge is -2.31. The van der Waals surface area contributed by atoms with Crippen LogP contribution >= 0.6 is 0 Å². The number of aryl methyl sites for hydroxylation is 1. The number of halogens is 3. The maximum Gasteiger partial charge on any atom is 0.490 e. The number of nitrogens with zero attached hydrogens (tertiary/aromatic N) is 4. The van der Waals surface area contributed by atoms with Gasteiger partial charge in [-0.2, -0.15) is 13.2 Å². The van der Waals surface area contributed by atoms with Crippen molar-refractivity contribution in [1.29, 1.82) is 0 Å². The van der Waals surface area contributed by atoms with Gasteiger partial charge in [0.05, 0.1) is 16.2 Å². The van der Waals surface area contributed by atoms with E-state index in [4.69, 9.17) is 14.6 Å². The third-order valence-electron chi connectivity index (χ3n) is 8.93. The Kier molecular flexibility index (Phi) is 9.70. The van der Waals surface area contributed by atoms with Crippen molar-refractivity contribution >= 4 is 27.6 Å². The lowest BCUT2D eigenvalue weighted by atomic mass is 10.0. The molecule has 48 heavy (non-hydrogen) atoms. The summed E-state index contributed by atoms with van der Waals surface area (Å²) in [7, 11) is -1.86. The van der Waals surface area contributed by atoms with Gasteiger partial charge in [-0.15, -0.1) is 0 Å². The van der Waals surface area contributed by atoms with Gasteiger partial charge in [-0.25, -0.2) is 18.2 Å². The van der Waals surface area contributed by atoms with Crippen molar-refractivity contribution in [2.75, 3.05) is 26.5 Å². The quantitative estimate of drug-likeness (QED) is 0.364. The molecule has 2 N–H and O–H groups in total. The third kappa shape index (κ3) is 7.38. The SMILES string of the molecule is Cc1nc(-c2cc(-c3cc4c(c(S(C)(=O)=O)c3)C(=O)N([C@@H](C)C3CC3)C4)ccn2)[nH]c1C(=O)N(C)C1CCOCC1.O=C(O)C(F)(F)F. The van der Waals surface area contributed by atoms with Crippen LogP contribution in [0.15, 0.2) is 35.4 Å². The normalized spacial score (nSPS) is 17.4. The predicted octanol–water partition coefficient (Wildman–Crippen LogP) is 4.49. The second-order valence-electron chi connectivity index (χ2n) is 12.3. The number of sulfone groups is 1. The van der Waals surface area contributed by atoms with Gasteiger partial charge in [0.15, 0.2) is 15.7 Å². The summed E-state index contributed by atoms with van der Waals surface area (Å²) in [5.74, 6) is -2.17. The summed E-state index contributed by atoms with van der Waals surface area (Å²) in [4.78, 5) is 51.4. The lowest BCUT2D eigenvalue weighted by Crippen LogP contribution is -2.41. The number of carboxylic acid groups (broad SMARTS) is 1. The number of hydrogen-bond acceptors (Lipinski definition) is 8. The molecule has 3 aliphatic rings. The standard InChI is InChI=1S/C30H35N5O5S.C2HF3O2/c1-17-27(30(37)34(3)23-8-11-40-12-9-23)33-28(32-17)24-14-20(7-10-31-24)21-13-22-16-35(18(2)19-5-6-19)29(36)26(22)25(15-21)41(4,38)39;3-2(4,5)1(6)7/h7,10,13-15,18-19,23H,5-6,8-9,11-12,16H2,1-4H3,(H,32,33);(H,6,7)/t18-;/m0./s1. The highest BCUT2D eigenvalue weighted by Gasteiger charge is 2.41. The van der Waals surface area contributed by atoms with Crippen molar-refractivity contribution < 1.29 is 45.8 Å². The van der Waals surface area contributed by atoms with Crippen LogP contribution in [-0.2, 0) is 25.9 Å². The van der Waals surface area contributed by atoms with Crippen LogP contribution in [0.1, 0.15) is 64.7 Å². The van der Waals surface area contributed by atoms with Gasteiger partial charge in [0.1, 0.15) is 11.4 Å². The van der Waals surface area contributed by atoms with Crippen molar-refractivity contribution in [2.45, 2.75) is 69.2 Å². The van der Waals surface area contributed by atoms with Crippen molar-refractivity contribution in [3.05, 3.63) is 53.0 Å². The monoisotopic (exact) mass is 691 g/mol. The Bertz CT molecular complexity index is 1850. The second kappa shape index (κ2) is 13.3. The topological polar surface area (TPSA) is 163 Å². The highest BCUT2D eigenvalue weighted by Crippen LogP contribution is 2.41. The van der Waals surface area contributed by atoms with E-state index in [9.17, 15) is 31.2 Å². The van der Waals surface area contributed by atoms with Crippen molar-refractivity contribution in [3.63, 3.8) is 0 Å². The summed E-state index contributed by atoms with van der Waals surface area (Å²) in [6.45, 7) is 5.51. The lowest BCUT2D eigenvalue weighted by molar-refractivity contribution is -0.192. The number of pyridine rings is 1. The summed E-state index contributed by atoms with van der Waals surface area (Å²) in [6, 6.07) is 7.31. The van der Waals surface area contributed by atoms with Gasteiger partial charge in [-0.05, 0) is 86.4 Å². The fraction of sp³-hybridized carbons (Fsp3) is 0.469. The Morgan fingerprint density at radius 3 is 2.35 bits per heavy atom. The first-order valence-corrected chi connectivity index (χ1v) is 17.2. The van der Waals surface area contributed by atoms with E-state index in [1.54, 1.807) is 35.1 Å². The van der Waals surface area contributed by atoms with E-state index >= 15 is 0 Å². The highest BCUT2D eigenvalue weighted by molar-refractivity contribution is 7.90. The second-order valence-corrected chi connectivity index (χ2v) is 14.3. The van der Waals surface area contributed by atoms with Gasteiger partial charge in [0.2, 0.25) is 0 Å². The summed E-state index contributed by atoms with van der Waals surface area (Å²) in [6.07, 6.45) is 1.48. The molecule has 4 heterocycles. The molecule has 0 spiro atoms. The minimum absolute atomic E-state index is 0.0525. The van der Waals surface area contributed by atoms with E-state index in [1.165, 1.54) is 0 Å². The van der Waals surface area contributed by atoms with E-state index < -0.39 is 22.0 Å². The maximum absolute atomic E-state index is 13.4. The number of carbonyl (C=O) groups is 3. The third-order valence-corrected chi connectivity index (χ3v) is 10.1. The molecule has 2 aliphatic heterocycles.